The second-order valence-corrected chi connectivity index (χ2v) is 35.9. The second-order valence-electron chi connectivity index (χ2n) is 12.6. The van der Waals surface area contributed by atoms with Crippen molar-refractivity contribution < 1.29 is 29.8 Å². The predicted octanol–water partition coefficient (Wildman–Crippen LogP) is 7.87. The van der Waals surface area contributed by atoms with Gasteiger partial charge < -0.3 is 25.0 Å². The lowest BCUT2D eigenvalue weighted by Crippen LogP contribution is -2.62. The van der Waals surface area contributed by atoms with Gasteiger partial charge in [0.2, 0.25) is 0 Å². The third-order valence-electron chi connectivity index (χ3n) is 5.57. The van der Waals surface area contributed by atoms with Crippen LogP contribution < -0.4 is 0 Å². The fourth-order valence-electron chi connectivity index (χ4n) is 4.92. The van der Waals surface area contributed by atoms with Crippen LogP contribution in [0.15, 0.2) is 12.7 Å². The largest absolute Gasteiger partial charge is 0.491 e. The Balaban J connectivity index is 5.62. The van der Waals surface area contributed by atoms with Crippen LogP contribution in [0.3, 0.4) is 0 Å². The van der Waals surface area contributed by atoms with E-state index in [9.17, 15) is 4.79 Å². The Bertz CT molecular complexity index is 716. The molecule has 0 aliphatic carbocycles. The summed E-state index contributed by atoms with van der Waals surface area (Å²) in [6.07, 6.45) is 3.57. The molecule has 0 fully saturated rings. The molecule has 7 nitrogen and oxygen atoms in total. The zero-order valence-electron chi connectivity index (χ0n) is 25.9. The first-order valence-corrected chi connectivity index (χ1v) is 29.7. The average molecular weight is 613 g/mol. The minimum absolute atomic E-state index is 0.0563. The van der Waals surface area contributed by atoms with E-state index in [2.05, 4.69) is 52.8 Å². The number of hydrogen-bond donors (Lipinski definition) is 0. The average Bonchev–Trinajstić information content (AvgIpc) is 2.60. The van der Waals surface area contributed by atoms with Gasteiger partial charge in [0.1, 0.15) is 0 Å². The fourth-order valence-corrected chi connectivity index (χ4v) is 35.6. The summed E-state index contributed by atoms with van der Waals surface area (Å²) >= 11 is 0. The summed E-state index contributed by atoms with van der Waals surface area (Å²) in [5.41, 5.74) is 0.113. The van der Waals surface area contributed by atoms with E-state index in [1.54, 1.807) is 0 Å². The SMILES string of the molecule is C=CC(=O)O[Si](O[Si](C)(C)O[Si](C)(C)O[Si](C)(C)O[Si](C)(C)O[Si](C)(C)CCCC)(C(C)C)C(C)C. The topological polar surface area (TPSA) is 72.5 Å². The number of carbonyl (C=O) groups is 1. The molecule has 0 aliphatic heterocycles. The molecule has 0 aromatic rings. The van der Waals surface area contributed by atoms with Crippen LogP contribution in [0.5, 0.6) is 0 Å². The molecule has 13 heteroatoms. The van der Waals surface area contributed by atoms with Gasteiger partial charge >= 0.3 is 48.8 Å². The molecule has 0 saturated carbocycles. The van der Waals surface area contributed by atoms with Crippen LogP contribution >= 0.6 is 0 Å². The molecular weight excluding hydrogens is 557 g/mol. The first-order chi connectivity index (χ1) is 15.9. The smallest absolute Gasteiger partial charge is 0.398 e. The maximum absolute atomic E-state index is 12.2. The van der Waals surface area contributed by atoms with Gasteiger partial charge in [-0.2, -0.15) is 0 Å². The Labute approximate surface area is 229 Å². The summed E-state index contributed by atoms with van der Waals surface area (Å²) in [5.74, 6) is -0.443. The molecule has 0 saturated heterocycles. The van der Waals surface area contributed by atoms with Crippen molar-refractivity contribution in [3.05, 3.63) is 12.7 Å². The molecule has 0 unspecified atom stereocenters. The zero-order valence-corrected chi connectivity index (χ0v) is 31.9. The fraction of sp³-hybridized carbons (Fsp3) is 0.870. The van der Waals surface area contributed by atoms with Gasteiger partial charge in [-0.05, 0) is 71.5 Å². The van der Waals surface area contributed by atoms with E-state index in [0.29, 0.717) is 0 Å². The first-order valence-electron chi connectivity index (χ1n) is 13.3. The van der Waals surface area contributed by atoms with Crippen LogP contribution in [-0.2, 0) is 29.8 Å². The van der Waals surface area contributed by atoms with Crippen LogP contribution in [-0.4, -0.2) is 57.1 Å². The van der Waals surface area contributed by atoms with Crippen molar-refractivity contribution in [2.24, 2.45) is 0 Å². The van der Waals surface area contributed by atoms with E-state index in [1.165, 1.54) is 18.9 Å². The van der Waals surface area contributed by atoms with Crippen LogP contribution in [0.2, 0.25) is 82.6 Å². The molecule has 0 rings (SSSR count). The molecule has 0 amide bonds. The predicted molar refractivity (Wildman–Crippen MR) is 165 cm³/mol. The van der Waals surface area contributed by atoms with Gasteiger partial charge in [-0.25, -0.2) is 4.79 Å². The highest BCUT2D eigenvalue weighted by molar-refractivity contribution is 6.91. The lowest BCUT2D eigenvalue weighted by atomic mass is 10.4. The molecule has 214 valence electrons. The molecule has 0 heterocycles. The van der Waals surface area contributed by atoms with Crippen LogP contribution in [0.4, 0.5) is 0 Å². The summed E-state index contributed by atoms with van der Waals surface area (Å²) in [7, 11) is -15.1. The number of carbonyl (C=O) groups excluding carboxylic acids is 1. The van der Waals surface area contributed by atoms with Crippen LogP contribution in [0.1, 0.15) is 47.5 Å². The van der Waals surface area contributed by atoms with Crippen molar-refractivity contribution in [2.75, 3.05) is 0 Å². The molecule has 0 atom stereocenters. The molecule has 36 heavy (non-hydrogen) atoms. The Hall–Kier alpha value is 0.311. The van der Waals surface area contributed by atoms with E-state index in [1.807, 2.05) is 53.9 Å². The van der Waals surface area contributed by atoms with Crippen molar-refractivity contribution in [3.63, 3.8) is 0 Å². The van der Waals surface area contributed by atoms with Crippen LogP contribution in [0.25, 0.3) is 0 Å². The summed E-state index contributed by atoms with van der Waals surface area (Å²) in [6, 6.07) is 1.14. The van der Waals surface area contributed by atoms with Gasteiger partial charge in [0.15, 0.2) is 8.32 Å². The van der Waals surface area contributed by atoms with Gasteiger partial charge in [0.05, 0.1) is 0 Å². The van der Waals surface area contributed by atoms with Crippen molar-refractivity contribution in [3.8, 4) is 0 Å². The highest BCUT2D eigenvalue weighted by Gasteiger charge is 2.54. The molecule has 0 radical (unpaired) electrons. The summed E-state index contributed by atoms with van der Waals surface area (Å²) in [6.45, 7) is 35.1. The lowest BCUT2D eigenvalue weighted by Gasteiger charge is -2.45. The maximum atomic E-state index is 12.2. The van der Waals surface area contributed by atoms with E-state index in [0.717, 1.165) is 6.04 Å². The van der Waals surface area contributed by atoms with Crippen molar-refractivity contribution in [2.45, 2.75) is 130 Å². The lowest BCUT2D eigenvalue weighted by molar-refractivity contribution is -0.131. The zero-order chi connectivity index (χ0) is 28.8. The quantitative estimate of drug-likeness (QED) is 0.122. The molecular formula is C23H56O7Si6. The molecule has 0 aromatic heterocycles. The standard InChI is InChI=1S/C23H56O7Si6/c1-17-19-20-31(7,8)26-32(9,10)27-33(11,12)28-34(13,14)29-35(15,16)30-36(21(3)4,22(5)6)25-23(24)18-2/h18,21-22H,2,17,19-20H2,1,3-16H3. The third-order valence-corrected chi connectivity index (χ3v) is 30.1. The first kappa shape index (κ1) is 36.3. The van der Waals surface area contributed by atoms with Gasteiger partial charge in [-0.1, -0.05) is 54.0 Å². The Morgan fingerprint density at radius 3 is 1.39 bits per heavy atom. The van der Waals surface area contributed by atoms with Gasteiger partial charge in [-0.15, -0.1) is 0 Å². The number of unbranched alkanes of at least 4 members (excludes halogenated alkanes) is 1. The minimum atomic E-state index is -2.95. The number of rotatable bonds is 17. The molecule has 0 aromatic carbocycles. The Morgan fingerprint density at radius 1 is 0.694 bits per heavy atom. The number of hydrogen-bond acceptors (Lipinski definition) is 7. The normalized spacial score (nSPS) is 14.5. The monoisotopic (exact) mass is 612 g/mol. The Morgan fingerprint density at radius 2 is 1.06 bits per heavy atom. The summed E-state index contributed by atoms with van der Waals surface area (Å²) < 4.78 is 39.4. The summed E-state index contributed by atoms with van der Waals surface area (Å²) in [5, 5.41) is 0. The Kier molecular flexibility index (Phi) is 13.7. The maximum Gasteiger partial charge on any atom is 0.398 e. The highest BCUT2D eigenvalue weighted by Crippen LogP contribution is 2.38. The van der Waals surface area contributed by atoms with E-state index in [4.69, 9.17) is 25.0 Å². The molecule has 0 aliphatic rings. The van der Waals surface area contributed by atoms with Gasteiger partial charge in [0.25, 0.3) is 0 Å². The van der Waals surface area contributed by atoms with Crippen molar-refractivity contribution in [1.29, 1.82) is 0 Å². The van der Waals surface area contributed by atoms with E-state index < -0.39 is 57.1 Å². The van der Waals surface area contributed by atoms with Crippen molar-refractivity contribution >= 4 is 57.1 Å². The molecule has 0 N–H and O–H groups in total. The third kappa shape index (κ3) is 12.9. The van der Waals surface area contributed by atoms with Gasteiger partial charge in [-0.3, -0.25) is 0 Å². The highest BCUT2D eigenvalue weighted by atomic mass is 28.5. The van der Waals surface area contributed by atoms with E-state index in [-0.39, 0.29) is 11.1 Å². The minimum Gasteiger partial charge on any atom is -0.491 e. The van der Waals surface area contributed by atoms with Crippen LogP contribution in [0, 0.1) is 0 Å². The molecule has 0 bridgehead atoms. The van der Waals surface area contributed by atoms with Gasteiger partial charge in [0, 0.05) is 17.2 Å². The molecule has 0 spiro atoms. The second kappa shape index (κ2) is 13.6. The van der Waals surface area contributed by atoms with Crippen molar-refractivity contribution in [1.82, 2.24) is 0 Å². The van der Waals surface area contributed by atoms with E-state index >= 15 is 0 Å². The summed E-state index contributed by atoms with van der Waals surface area (Å²) in [4.78, 5) is 12.2.